The van der Waals surface area contributed by atoms with Gasteiger partial charge >= 0.3 is 0 Å². The van der Waals surface area contributed by atoms with E-state index in [1.165, 1.54) is 11.1 Å². The number of amides is 2. The van der Waals surface area contributed by atoms with Gasteiger partial charge in [0, 0.05) is 13.5 Å². The largest absolute Gasteiger partial charge is 0.454 e. The molecule has 1 aromatic carbocycles. The van der Waals surface area contributed by atoms with Crippen molar-refractivity contribution in [2.45, 2.75) is 33.2 Å². The van der Waals surface area contributed by atoms with E-state index in [1.807, 2.05) is 0 Å². The minimum Gasteiger partial charge on any atom is -0.454 e. The van der Waals surface area contributed by atoms with Gasteiger partial charge in [-0.2, -0.15) is 0 Å². The molecule has 122 valence electrons. The summed E-state index contributed by atoms with van der Waals surface area (Å²) in [5.41, 5.74) is 3.58. The van der Waals surface area contributed by atoms with Crippen molar-refractivity contribution >= 4 is 11.8 Å². The first-order valence-corrected chi connectivity index (χ1v) is 7.62. The Morgan fingerprint density at radius 2 is 1.78 bits per heavy atom. The molecule has 1 aromatic heterocycles. The average Bonchev–Trinajstić information content (AvgIpc) is 2.98. The molecule has 0 saturated carbocycles. The first-order chi connectivity index (χ1) is 11.0. The lowest BCUT2D eigenvalue weighted by Crippen LogP contribution is -2.22. The molecule has 0 bridgehead atoms. The van der Waals surface area contributed by atoms with Gasteiger partial charge in [-0.3, -0.25) is 9.59 Å². The van der Waals surface area contributed by atoms with Crippen LogP contribution in [-0.4, -0.2) is 18.9 Å². The van der Waals surface area contributed by atoms with Gasteiger partial charge in [0.1, 0.15) is 5.76 Å². The van der Waals surface area contributed by atoms with Crippen molar-refractivity contribution in [2.24, 2.45) is 0 Å². The number of rotatable bonds is 6. The fourth-order valence-electron chi connectivity index (χ4n) is 2.46. The van der Waals surface area contributed by atoms with Crippen LogP contribution in [0.15, 0.2) is 34.7 Å². The van der Waals surface area contributed by atoms with Crippen molar-refractivity contribution in [3.63, 3.8) is 0 Å². The van der Waals surface area contributed by atoms with E-state index in [0.717, 1.165) is 5.56 Å². The molecule has 2 N–H and O–H groups in total. The highest BCUT2D eigenvalue weighted by atomic mass is 16.4. The monoisotopic (exact) mass is 314 g/mol. The summed E-state index contributed by atoms with van der Waals surface area (Å²) in [6.07, 6.45) is 1.13. The molecular weight excluding hydrogens is 292 g/mol. The molecule has 0 aliphatic rings. The molecule has 2 aromatic rings. The molecule has 0 spiro atoms. The SMILES string of the molecule is CNC(=O)c1ccc(CNC(=O)CCc2cc(C)cc(C)c2)o1. The zero-order chi connectivity index (χ0) is 16.8. The van der Waals surface area contributed by atoms with E-state index < -0.39 is 0 Å². The van der Waals surface area contributed by atoms with Crippen molar-refractivity contribution in [2.75, 3.05) is 7.05 Å². The number of furan rings is 1. The van der Waals surface area contributed by atoms with Gasteiger partial charge in [-0.15, -0.1) is 0 Å². The van der Waals surface area contributed by atoms with Crippen LogP contribution in [0.25, 0.3) is 0 Å². The number of carbonyl (C=O) groups is 2. The molecule has 0 aliphatic heterocycles. The summed E-state index contributed by atoms with van der Waals surface area (Å²) in [6, 6.07) is 9.60. The summed E-state index contributed by atoms with van der Waals surface area (Å²) < 4.78 is 5.35. The van der Waals surface area contributed by atoms with Crippen molar-refractivity contribution in [1.82, 2.24) is 10.6 Å². The molecule has 1 heterocycles. The molecule has 23 heavy (non-hydrogen) atoms. The summed E-state index contributed by atoms with van der Waals surface area (Å²) in [4.78, 5) is 23.3. The molecule has 5 heteroatoms. The van der Waals surface area contributed by atoms with Crippen LogP contribution in [0.2, 0.25) is 0 Å². The number of carbonyl (C=O) groups excluding carboxylic acids is 2. The quantitative estimate of drug-likeness (QED) is 0.860. The Labute approximate surface area is 136 Å². The van der Waals surface area contributed by atoms with Gasteiger partial charge in [-0.1, -0.05) is 29.3 Å². The van der Waals surface area contributed by atoms with E-state index in [9.17, 15) is 9.59 Å². The smallest absolute Gasteiger partial charge is 0.286 e. The van der Waals surface area contributed by atoms with Crippen molar-refractivity contribution in [1.29, 1.82) is 0 Å². The van der Waals surface area contributed by atoms with Gasteiger partial charge in [0.05, 0.1) is 6.54 Å². The summed E-state index contributed by atoms with van der Waals surface area (Å²) >= 11 is 0. The van der Waals surface area contributed by atoms with Gasteiger partial charge in [0.15, 0.2) is 5.76 Å². The molecule has 0 saturated heterocycles. The molecule has 5 nitrogen and oxygen atoms in total. The van der Waals surface area contributed by atoms with E-state index >= 15 is 0 Å². The molecule has 2 rings (SSSR count). The molecule has 0 fully saturated rings. The van der Waals surface area contributed by atoms with Crippen molar-refractivity contribution < 1.29 is 14.0 Å². The zero-order valence-electron chi connectivity index (χ0n) is 13.7. The third kappa shape index (κ3) is 4.98. The topological polar surface area (TPSA) is 71.3 Å². The Kier molecular flexibility index (Phi) is 5.57. The van der Waals surface area contributed by atoms with Crippen LogP contribution < -0.4 is 10.6 Å². The second-order valence-corrected chi connectivity index (χ2v) is 5.62. The number of hydrogen-bond donors (Lipinski definition) is 2. The molecule has 0 radical (unpaired) electrons. The van der Waals surface area contributed by atoms with Crippen LogP contribution in [0.1, 0.15) is 39.4 Å². The third-order valence-electron chi connectivity index (χ3n) is 3.49. The van der Waals surface area contributed by atoms with E-state index in [0.29, 0.717) is 18.6 Å². The first kappa shape index (κ1) is 16.8. The summed E-state index contributed by atoms with van der Waals surface area (Å²) in [7, 11) is 1.54. The number of nitrogens with one attached hydrogen (secondary N) is 2. The Morgan fingerprint density at radius 3 is 2.43 bits per heavy atom. The Balaban J connectivity index is 1.81. The maximum atomic E-state index is 11.9. The Bertz CT molecular complexity index is 684. The minimum absolute atomic E-state index is 0.0398. The second kappa shape index (κ2) is 7.63. The average molecular weight is 314 g/mol. The lowest BCUT2D eigenvalue weighted by molar-refractivity contribution is -0.121. The van der Waals surface area contributed by atoms with E-state index in [4.69, 9.17) is 4.42 Å². The summed E-state index contributed by atoms with van der Waals surface area (Å²) in [5, 5.41) is 5.29. The predicted octanol–water partition coefficient (Wildman–Crippen LogP) is 2.51. The third-order valence-corrected chi connectivity index (χ3v) is 3.49. The number of benzene rings is 1. The fraction of sp³-hybridized carbons (Fsp3) is 0.333. The van der Waals surface area contributed by atoms with Gasteiger partial charge in [0.25, 0.3) is 5.91 Å². The van der Waals surface area contributed by atoms with E-state index in [2.05, 4.69) is 42.7 Å². The molecule has 2 amide bonds. The molecule has 0 unspecified atom stereocenters. The lowest BCUT2D eigenvalue weighted by Gasteiger charge is -2.06. The highest BCUT2D eigenvalue weighted by Gasteiger charge is 2.10. The van der Waals surface area contributed by atoms with Gasteiger partial charge in [0.2, 0.25) is 5.91 Å². The summed E-state index contributed by atoms with van der Waals surface area (Å²) in [5.74, 6) is 0.481. The normalized spacial score (nSPS) is 10.4. The Morgan fingerprint density at radius 1 is 1.09 bits per heavy atom. The van der Waals surface area contributed by atoms with Crippen LogP contribution in [-0.2, 0) is 17.8 Å². The zero-order valence-corrected chi connectivity index (χ0v) is 13.7. The highest BCUT2D eigenvalue weighted by molar-refractivity contribution is 5.91. The number of aryl methyl sites for hydroxylation is 3. The standard InChI is InChI=1S/C18H22N2O3/c1-12-8-13(2)10-14(9-12)4-7-17(21)20-11-15-5-6-16(23-15)18(22)19-3/h5-6,8-10H,4,7,11H2,1-3H3,(H,19,22)(H,20,21). The fourth-order valence-corrected chi connectivity index (χ4v) is 2.46. The van der Waals surface area contributed by atoms with E-state index in [-0.39, 0.29) is 24.1 Å². The van der Waals surface area contributed by atoms with E-state index in [1.54, 1.807) is 19.2 Å². The number of hydrogen-bond acceptors (Lipinski definition) is 3. The minimum atomic E-state index is -0.280. The molecule has 0 aliphatic carbocycles. The van der Waals surface area contributed by atoms with Crippen LogP contribution >= 0.6 is 0 Å². The molecular formula is C18H22N2O3. The maximum Gasteiger partial charge on any atom is 0.286 e. The highest BCUT2D eigenvalue weighted by Crippen LogP contribution is 2.11. The first-order valence-electron chi connectivity index (χ1n) is 7.62. The van der Waals surface area contributed by atoms with Crippen LogP contribution in [0.4, 0.5) is 0 Å². The van der Waals surface area contributed by atoms with Crippen molar-refractivity contribution in [3.8, 4) is 0 Å². The van der Waals surface area contributed by atoms with Gasteiger partial charge in [-0.05, 0) is 38.0 Å². The second-order valence-electron chi connectivity index (χ2n) is 5.62. The predicted molar refractivity (Wildman–Crippen MR) is 88.2 cm³/mol. The summed E-state index contributed by atoms with van der Waals surface area (Å²) in [6.45, 7) is 4.39. The van der Waals surface area contributed by atoms with Crippen LogP contribution in [0.5, 0.6) is 0 Å². The van der Waals surface area contributed by atoms with Crippen molar-refractivity contribution in [3.05, 3.63) is 58.5 Å². The van der Waals surface area contributed by atoms with Gasteiger partial charge in [-0.25, -0.2) is 0 Å². The maximum absolute atomic E-state index is 11.9. The Hall–Kier alpha value is -2.56. The van der Waals surface area contributed by atoms with Crippen LogP contribution in [0, 0.1) is 13.8 Å². The molecule has 0 atom stereocenters. The van der Waals surface area contributed by atoms with Gasteiger partial charge < -0.3 is 15.1 Å². The van der Waals surface area contributed by atoms with Crippen LogP contribution in [0.3, 0.4) is 0 Å². The lowest BCUT2D eigenvalue weighted by atomic mass is 10.0.